The number of carboxylic acids is 1. The van der Waals surface area contributed by atoms with E-state index in [2.05, 4.69) is 20.5 Å². The van der Waals surface area contributed by atoms with Crippen molar-refractivity contribution >= 4 is 41.0 Å². The van der Waals surface area contributed by atoms with Gasteiger partial charge in [0.2, 0.25) is 5.95 Å². The van der Waals surface area contributed by atoms with Gasteiger partial charge in [-0.1, -0.05) is 29.3 Å². The summed E-state index contributed by atoms with van der Waals surface area (Å²) in [4.78, 5) is 26.8. The third-order valence-corrected chi connectivity index (χ3v) is 4.28. The first-order valence-electron chi connectivity index (χ1n) is 7.81. The van der Waals surface area contributed by atoms with E-state index in [1.165, 1.54) is 28.0 Å². The predicted octanol–water partition coefficient (Wildman–Crippen LogP) is 2.56. The Morgan fingerprint density at radius 3 is 2.56 bits per heavy atom. The molecule has 2 heterocycles. The number of carbonyl (C=O) groups is 2. The van der Waals surface area contributed by atoms with E-state index < -0.39 is 11.9 Å². The van der Waals surface area contributed by atoms with Crippen LogP contribution in [0.1, 0.15) is 22.5 Å². The predicted molar refractivity (Wildman–Crippen MR) is 98.0 cm³/mol. The first-order chi connectivity index (χ1) is 12.9. The van der Waals surface area contributed by atoms with E-state index in [1.54, 1.807) is 18.2 Å². The summed E-state index contributed by atoms with van der Waals surface area (Å²) < 4.78 is 2.88. The van der Waals surface area contributed by atoms with Crippen LogP contribution in [-0.4, -0.2) is 41.5 Å². The van der Waals surface area contributed by atoms with Crippen molar-refractivity contribution in [3.05, 3.63) is 58.1 Å². The Morgan fingerprint density at radius 2 is 1.85 bits per heavy atom. The number of benzene rings is 1. The van der Waals surface area contributed by atoms with Crippen molar-refractivity contribution in [2.45, 2.75) is 19.5 Å². The third-order valence-electron chi connectivity index (χ3n) is 3.57. The lowest BCUT2D eigenvalue weighted by atomic mass is 10.2. The monoisotopic (exact) mass is 408 g/mol. The number of halogens is 2. The van der Waals surface area contributed by atoms with Crippen molar-refractivity contribution in [3.63, 3.8) is 0 Å². The molecule has 1 amide bonds. The molecule has 0 atom stereocenters. The lowest BCUT2D eigenvalue weighted by molar-refractivity contribution is -0.137. The Hall–Kier alpha value is -2.91. The average molecular weight is 409 g/mol. The van der Waals surface area contributed by atoms with E-state index >= 15 is 0 Å². The van der Waals surface area contributed by atoms with Crippen molar-refractivity contribution < 1.29 is 14.7 Å². The number of aliphatic carboxylic acids is 1. The van der Waals surface area contributed by atoms with Gasteiger partial charge in [-0.2, -0.15) is 5.10 Å². The van der Waals surface area contributed by atoms with Crippen LogP contribution < -0.4 is 5.32 Å². The van der Waals surface area contributed by atoms with Gasteiger partial charge in [0, 0.05) is 21.8 Å². The summed E-state index contributed by atoms with van der Waals surface area (Å²) >= 11 is 12.3. The highest BCUT2D eigenvalue weighted by Crippen LogP contribution is 2.24. The van der Waals surface area contributed by atoms with Crippen LogP contribution in [-0.2, 0) is 17.9 Å². The van der Waals surface area contributed by atoms with Gasteiger partial charge in [0.05, 0.1) is 19.5 Å². The standard InChI is InChI=1S/C16H14Cl2N6O3/c17-11-2-1-3-12(18)10(11)8-24-9-19-16(22-24)20-15(27)13-4-6-23(21-13)7-5-14(25)26/h1-4,6,9H,5,7-8H2,(H,25,26)(H,20,22,27). The van der Waals surface area contributed by atoms with Gasteiger partial charge in [-0.05, 0) is 18.2 Å². The fourth-order valence-electron chi connectivity index (χ4n) is 2.26. The molecule has 0 aliphatic carbocycles. The quantitative estimate of drug-likeness (QED) is 0.620. The van der Waals surface area contributed by atoms with E-state index in [0.717, 1.165) is 0 Å². The van der Waals surface area contributed by atoms with Crippen LogP contribution in [0.3, 0.4) is 0 Å². The molecule has 9 nitrogen and oxygen atoms in total. The maximum Gasteiger partial charge on any atom is 0.305 e. The van der Waals surface area contributed by atoms with Crippen LogP contribution in [0, 0.1) is 0 Å². The van der Waals surface area contributed by atoms with E-state index in [0.29, 0.717) is 22.2 Å². The topological polar surface area (TPSA) is 115 Å². The number of amides is 1. The summed E-state index contributed by atoms with van der Waals surface area (Å²) in [5.41, 5.74) is 0.826. The summed E-state index contributed by atoms with van der Waals surface area (Å²) in [5.74, 6) is -1.34. The van der Waals surface area contributed by atoms with Crippen LogP contribution in [0.2, 0.25) is 10.0 Å². The Morgan fingerprint density at radius 1 is 1.11 bits per heavy atom. The van der Waals surface area contributed by atoms with Gasteiger partial charge < -0.3 is 5.11 Å². The van der Waals surface area contributed by atoms with Crippen LogP contribution in [0.4, 0.5) is 5.95 Å². The molecule has 2 aromatic heterocycles. The molecule has 0 saturated carbocycles. The zero-order chi connectivity index (χ0) is 19.4. The molecule has 0 saturated heterocycles. The zero-order valence-electron chi connectivity index (χ0n) is 13.8. The summed E-state index contributed by atoms with van der Waals surface area (Å²) in [6, 6.07) is 6.68. The highest BCUT2D eigenvalue weighted by molar-refractivity contribution is 6.35. The minimum Gasteiger partial charge on any atom is -0.481 e. The number of nitrogens with zero attached hydrogens (tertiary/aromatic N) is 5. The molecule has 0 fully saturated rings. The SMILES string of the molecule is O=C(O)CCn1ccc(C(=O)Nc2ncn(Cc3c(Cl)cccc3Cl)n2)n1. The molecule has 0 aliphatic rings. The van der Waals surface area contributed by atoms with E-state index in [4.69, 9.17) is 28.3 Å². The van der Waals surface area contributed by atoms with E-state index in [9.17, 15) is 9.59 Å². The molecule has 0 spiro atoms. The Labute approximate surface area is 163 Å². The van der Waals surface area contributed by atoms with Crippen molar-refractivity contribution in [3.8, 4) is 0 Å². The minimum atomic E-state index is -0.940. The lowest BCUT2D eigenvalue weighted by Crippen LogP contribution is -2.15. The molecule has 1 aromatic carbocycles. The van der Waals surface area contributed by atoms with Gasteiger partial charge >= 0.3 is 5.97 Å². The summed E-state index contributed by atoms with van der Waals surface area (Å²) in [6.45, 7) is 0.472. The first kappa shape index (κ1) is 18.9. The van der Waals surface area contributed by atoms with Gasteiger partial charge in [0.25, 0.3) is 5.91 Å². The minimum absolute atomic E-state index is 0.0840. The first-order valence-corrected chi connectivity index (χ1v) is 8.57. The van der Waals surface area contributed by atoms with Crippen molar-refractivity contribution in [2.24, 2.45) is 0 Å². The van der Waals surface area contributed by atoms with Crippen molar-refractivity contribution in [1.29, 1.82) is 0 Å². The number of nitrogens with one attached hydrogen (secondary N) is 1. The Bertz CT molecular complexity index is 964. The Balaban J connectivity index is 1.63. The maximum absolute atomic E-state index is 12.2. The Kier molecular flexibility index (Phi) is 5.72. The van der Waals surface area contributed by atoms with Crippen molar-refractivity contribution in [2.75, 3.05) is 5.32 Å². The maximum atomic E-state index is 12.2. The van der Waals surface area contributed by atoms with E-state index in [1.807, 2.05) is 0 Å². The molecular formula is C16H14Cl2N6O3. The molecule has 0 unspecified atom stereocenters. The number of carbonyl (C=O) groups excluding carboxylic acids is 1. The summed E-state index contributed by atoms with van der Waals surface area (Å²) in [5, 5.41) is 20.4. The number of hydrogen-bond donors (Lipinski definition) is 2. The van der Waals surface area contributed by atoms with Crippen LogP contribution in [0.5, 0.6) is 0 Å². The number of anilines is 1. The molecule has 3 aromatic rings. The van der Waals surface area contributed by atoms with Crippen LogP contribution in [0.15, 0.2) is 36.8 Å². The molecule has 27 heavy (non-hydrogen) atoms. The molecule has 3 rings (SSSR count). The van der Waals surface area contributed by atoms with Gasteiger partial charge in [-0.25, -0.2) is 9.67 Å². The van der Waals surface area contributed by atoms with Gasteiger partial charge in [-0.15, -0.1) is 5.10 Å². The van der Waals surface area contributed by atoms with Gasteiger partial charge in [0.15, 0.2) is 5.69 Å². The number of aromatic nitrogens is 5. The third kappa shape index (κ3) is 4.83. The van der Waals surface area contributed by atoms with Gasteiger partial charge in [0.1, 0.15) is 6.33 Å². The molecule has 140 valence electrons. The molecule has 11 heteroatoms. The second-order valence-electron chi connectivity index (χ2n) is 5.53. The van der Waals surface area contributed by atoms with E-state index in [-0.39, 0.29) is 24.6 Å². The zero-order valence-corrected chi connectivity index (χ0v) is 15.4. The normalized spacial score (nSPS) is 10.7. The highest BCUT2D eigenvalue weighted by Gasteiger charge is 2.14. The summed E-state index contributed by atoms with van der Waals surface area (Å²) in [6.07, 6.45) is 2.89. The summed E-state index contributed by atoms with van der Waals surface area (Å²) in [7, 11) is 0. The second-order valence-corrected chi connectivity index (χ2v) is 6.34. The lowest BCUT2D eigenvalue weighted by Gasteiger charge is -2.06. The second kappa shape index (κ2) is 8.19. The number of aryl methyl sites for hydroxylation is 1. The molecule has 2 N–H and O–H groups in total. The van der Waals surface area contributed by atoms with Crippen LogP contribution in [0.25, 0.3) is 0 Å². The number of carboxylic acid groups (broad SMARTS) is 1. The molecule has 0 radical (unpaired) electrons. The molecular weight excluding hydrogens is 395 g/mol. The number of hydrogen-bond acceptors (Lipinski definition) is 5. The van der Waals surface area contributed by atoms with Crippen molar-refractivity contribution in [1.82, 2.24) is 24.5 Å². The van der Waals surface area contributed by atoms with Gasteiger partial charge in [-0.3, -0.25) is 19.6 Å². The smallest absolute Gasteiger partial charge is 0.305 e. The molecule has 0 bridgehead atoms. The largest absolute Gasteiger partial charge is 0.481 e. The number of rotatable bonds is 7. The average Bonchev–Trinajstić information content (AvgIpc) is 3.26. The highest BCUT2D eigenvalue weighted by atomic mass is 35.5. The fraction of sp³-hybridized carbons (Fsp3) is 0.188. The van der Waals surface area contributed by atoms with Crippen LogP contribution >= 0.6 is 23.2 Å². The fourth-order valence-corrected chi connectivity index (χ4v) is 2.77. The molecule has 0 aliphatic heterocycles.